The van der Waals surface area contributed by atoms with Crippen molar-refractivity contribution in [3.05, 3.63) is 85.1 Å². The van der Waals surface area contributed by atoms with Crippen molar-refractivity contribution in [1.82, 2.24) is 4.57 Å². The largest absolute Gasteiger partial charge is 0.490 e. The molecule has 1 aromatic heterocycles. The van der Waals surface area contributed by atoms with Crippen molar-refractivity contribution < 1.29 is 23.7 Å². The van der Waals surface area contributed by atoms with E-state index in [1.54, 1.807) is 42.5 Å². The van der Waals surface area contributed by atoms with E-state index in [2.05, 4.69) is 4.99 Å². The van der Waals surface area contributed by atoms with Crippen molar-refractivity contribution in [2.75, 3.05) is 26.9 Å². The predicted octanol–water partition coefficient (Wildman–Crippen LogP) is 2.72. The Labute approximate surface area is 217 Å². The molecule has 0 bridgehead atoms. The van der Waals surface area contributed by atoms with Crippen molar-refractivity contribution in [1.29, 1.82) is 5.26 Å². The Morgan fingerprint density at radius 1 is 1.14 bits per heavy atom. The van der Waals surface area contributed by atoms with Gasteiger partial charge in [-0.3, -0.25) is 9.36 Å². The topological polar surface area (TPSA) is 112 Å². The molecule has 1 atom stereocenters. The van der Waals surface area contributed by atoms with Gasteiger partial charge in [-0.15, -0.1) is 0 Å². The van der Waals surface area contributed by atoms with Crippen LogP contribution in [0.25, 0.3) is 6.08 Å². The van der Waals surface area contributed by atoms with Crippen LogP contribution >= 0.6 is 11.3 Å². The number of ether oxygens (including phenoxy) is 4. The lowest BCUT2D eigenvalue weighted by Crippen LogP contribution is -2.39. The number of hydrogen-bond acceptors (Lipinski definition) is 9. The Hall–Kier alpha value is -4.36. The number of nitrogens with zero attached hydrogens (tertiary/aromatic N) is 3. The molecule has 0 aliphatic carbocycles. The quantitative estimate of drug-likeness (QED) is 0.400. The van der Waals surface area contributed by atoms with E-state index in [1.165, 1.54) is 29.2 Å². The van der Waals surface area contributed by atoms with Crippen LogP contribution in [0.5, 0.6) is 17.2 Å². The molecule has 0 saturated heterocycles. The molecule has 2 heterocycles. The highest BCUT2D eigenvalue weighted by Gasteiger charge is 2.31. The molecule has 0 radical (unpaired) electrons. The second-order valence-corrected chi connectivity index (χ2v) is 8.78. The number of benzene rings is 2. The van der Waals surface area contributed by atoms with Crippen molar-refractivity contribution >= 4 is 23.4 Å². The maximum absolute atomic E-state index is 13.7. The van der Waals surface area contributed by atoms with E-state index >= 15 is 0 Å². The summed E-state index contributed by atoms with van der Waals surface area (Å²) in [5.74, 6) is 1.02. The van der Waals surface area contributed by atoms with Crippen LogP contribution in [0.1, 0.15) is 31.0 Å². The van der Waals surface area contributed by atoms with Crippen LogP contribution in [0.4, 0.5) is 0 Å². The first-order chi connectivity index (χ1) is 18.0. The summed E-state index contributed by atoms with van der Waals surface area (Å²) in [5.41, 5.74) is 1.29. The van der Waals surface area contributed by atoms with Gasteiger partial charge in [-0.25, -0.2) is 9.79 Å². The van der Waals surface area contributed by atoms with Gasteiger partial charge in [0.15, 0.2) is 22.9 Å². The molecule has 0 unspecified atom stereocenters. The molecule has 0 N–H and O–H groups in total. The van der Waals surface area contributed by atoms with E-state index in [-0.39, 0.29) is 17.7 Å². The number of nitriles is 1. The van der Waals surface area contributed by atoms with Crippen molar-refractivity contribution in [2.24, 2.45) is 4.99 Å². The minimum atomic E-state index is -0.772. The maximum Gasteiger partial charge on any atom is 0.337 e. The summed E-state index contributed by atoms with van der Waals surface area (Å²) in [7, 11) is 1.29. The van der Waals surface area contributed by atoms with Gasteiger partial charge in [0.05, 0.1) is 36.5 Å². The Bertz CT molecular complexity index is 1560. The van der Waals surface area contributed by atoms with Crippen LogP contribution in [-0.4, -0.2) is 37.5 Å². The fourth-order valence-electron chi connectivity index (χ4n) is 3.95. The normalized spacial score (nSPS) is 14.6. The monoisotopic (exact) mass is 519 g/mol. The minimum absolute atomic E-state index is 0.0756. The van der Waals surface area contributed by atoms with Crippen LogP contribution in [0.15, 0.2) is 64.0 Å². The Morgan fingerprint density at radius 3 is 2.65 bits per heavy atom. The van der Waals surface area contributed by atoms with Gasteiger partial charge in [-0.1, -0.05) is 29.5 Å². The summed E-state index contributed by atoms with van der Waals surface area (Å²) in [5, 5.41) is 8.76. The minimum Gasteiger partial charge on any atom is -0.490 e. The van der Waals surface area contributed by atoms with E-state index in [0.717, 1.165) is 5.56 Å². The molecule has 37 heavy (non-hydrogen) atoms. The lowest BCUT2D eigenvalue weighted by molar-refractivity contribution is -0.136. The van der Waals surface area contributed by atoms with Crippen LogP contribution in [-0.2, 0) is 9.53 Å². The summed E-state index contributed by atoms with van der Waals surface area (Å²) in [6, 6.07) is 13.6. The number of aromatic nitrogens is 1. The number of esters is 1. The van der Waals surface area contributed by atoms with E-state index in [9.17, 15) is 9.59 Å². The summed E-state index contributed by atoms with van der Waals surface area (Å²) in [6.45, 7) is 4.55. The van der Waals surface area contributed by atoms with Gasteiger partial charge >= 0.3 is 5.97 Å². The van der Waals surface area contributed by atoms with Gasteiger partial charge in [0.25, 0.3) is 5.56 Å². The Kier molecular flexibility index (Phi) is 8.05. The lowest BCUT2D eigenvalue weighted by Gasteiger charge is -2.23. The van der Waals surface area contributed by atoms with Gasteiger partial charge in [0.1, 0.15) is 11.8 Å². The van der Waals surface area contributed by atoms with Crippen LogP contribution in [0, 0.1) is 11.3 Å². The third-order valence-corrected chi connectivity index (χ3v) is 6.46. The molecule has 190 valence electrons. The molecule has 3 aromatic rings. The van der Waals surface area contributed by atoms with Gasteiger partial charge in [0.2, 0.25) is 0 Å². The van der Waals surface area contributed by atoms with Gasteiger partial charge in [-0.2, -0.15) is 5.26 Å². The third-order valence-electron chi connectivity index (χ3n) is 5.47. The second kappa shape index (κ2) is 11.6. The van der Waals surface area contributed by atoms with Crippen molar-refractivity contribution in [3.63, 3.8) is 0 Å². The molecule has 1 aliphatic heterocycles. The lowest BCUT2D eigenvalue weighted by atomic mass is 9.97. The third kappa shape index (κ3) is 5.42. The number of carbonyl (C=O) groups is 1. The van der Waals surface area contributed by atoms with Gasteiger partial charge < -0.3 is 18.9 Å². The molecule has 10 heteroatoms. The first kappa shape index (κ1) is 25.7. The number of fused-ring (bicyclic) bond motifs is 1. The molecule has 0 saturated carbocycles. The van der Waals surface area contributed by atoms with Crippen molar-refractivity contribution in [3.8, 4) is 23.3 Å². The SMILES string of the molecule is CCOc1ccc([C@H]2C(C(=O)OC)=CN=c3s/c(=C/c4cccc(OCC#N)c4)c(=O)n32)cc1OCC. The highest BCUT2D eigenvalue weighted by Crippen LogP contribution is 2.35. The van der Waals surface area contributed by atoms with E-state index in [1.807, 2.05) is 26.0 Å². The first-order valence-corrected chi connectivity index (χ1v) is 12.4. The molecule has 0 spiro atoms. The van der Waals surface area contributed by atoms with E-state index in [0.29, 0.717) is 45.4 Å². The average Bonchev–Trinajstić information content (AvgIpc) is 3.22. The first-order valence-electron chi connectivity index (χ1n) is 11.6. The van der Waals surface area contributed by atoms with Crippen LogP contribution in [0.3, 0.4) is 0 Å². The zero-order valence-electron chi connectivity index (χ0n) is 20.6. The number of methoxy groups -OCH3 is 1. The number of carbonyl (C=O) groups excluding carboxylic acids is 1. The Morgan fingerprint density at radius 2 is 1.92 bits per heavy atom. The second-order valence-electron chi connectivity index (χ2n) is 7.77. The fourth-order valence-corrected chi connectivity index (χ4v) is 4.92. The molecular formula is C27H25N3O6S. The van der Waals surface area contributed by atoms with Crippen LogP contribution in [0.2, 0.25) is 0 Å². The molecule has 4 rings (SSSR count). The average molecular weight is 520 g/mol. The smallest absolute Gasteiger partial charge is 0.337 e. The Balaban J connectivity index is 1.86. The number of thiazole rings is 1. The summed E-state index contributed by atoms with van der Waals surface area (Å²) in [4.78, 5) is 31.2. The molecular weight excluding hydrogens is 494 g/mol. The van der Waals surface area contributed by atoms with Gasteiger partial charge in [-0.05, 0) is 55.3 Å². The maximum atomic E-state index is 13.7. The summed E-state index contributed by atoms with van der Waals surface area (Å²) >= 11 is 1.21. The van der Waals surface area contributed by atoms with Crippen LogP contribution < -0.4 is 29.1 Å². The zero-order chi connectivity index (χ0) is 26.4. The van der Waals surface area contributed by atoms with Crippen molar-refractivity contribution in [2.45, 2.75) is 19.9 Å². The standard InChI is InChI=1S/C27H25N3O6S/c1-4-34-21-10-9-18(15-22(21)35-5-2)24-20(26(32)33-3)16-29-27-30(24)25(31)23(37-27)14-17-7-6-8-19(13-17)36-12-11-28/h6-10,13-16,24H,4-5,12H2,1-3H3/b23-14+/t24-/m0/s1. The van der Waals surface area contributed by atoms with E-state index in [4.69, 9.17) is 24.2 Å². The molecule has 0 fully saturated rings. The number of hydrogen-bond donors (Lipinski definition) is 0. The van der Waals surface area contributed by atoms with E-state index < -0.39 is 12.0 Å². The summed E-state index contributed by atoms with van der Waals surface area (Å²) < 4.78 is 23.7. The fraction of sp³-hybridized carbons (Fsp3) is 0.259. The molecule has 1 aliphatic rings. The highest BCUT2D eigenvalue weighted by atomic mass is 32.1. The van der Waals surface area contributed by atoms with Gasteiger partial charge in [0, 0.05) is 6.20 Å². The molecule has 0 amide bonds. The summed E-state index contributed by atoms with van der Waals surface area (Å²) in [6.07, 6.45) is 3.17. The predicted molar refractivity (Wildman–Crippen MR) is 137 cm³/mol. The highest BCUT2D eigenvalue weighted by molar-refractivity contribution is 7.07. The molecule has 2 aromatic carbocycles. The molecule has 9 nitrogen and oxygen atoms in total. The zero-order valence-corrected chi connectivity index (χ0v) is 21.4. The number of rotatable bonds is 9.